The zero-order valence-electron chi connectivity index (χ0n) is 18.9. The minimum absolute atomic E-state index is 0.0707. The van der Waals surface area contributed by atoms with Gasteiger partial charge in [-0.25, -0.2) is 8.42 Å². The van der Waals surface area contributed by atoms with Crippen LogP contribution in [0.3, 0.4) is 0 Å². The Bertz CT molecular complexity index is 1220. The molecule has 3 rings (SSSR count). The van der Waals surface area contributed by atoms with E-state index in [0.29, 0.717) is 11.3 Å². The predicted molar refractivity (Wildman–Crippen MR) is 127 cm³/mol. The Hall–Kier alpha value is -3.32. The normalized spacial score (nSPS) is 12.2. The summed E-state index contributed by atoms with van der Waals surface area (Å²) < 4.78 is 33.9. The lowest BCUT2D eigenvalue weighted by Crippen LogP contribution is -2.27. The van der Waals surface area contributed by atoms with Crippen LogP contribution >= 0.6 is 0 Å². The highest BCUT2D eigenvalue weighted by molar-refractivity contribution is 7.92. The lowest BCUT2D eigenvalue weighted by molar-refractivity contribution is 0.0939. The molecule has 1 atom stereocenters. The van der Waals surface area contributed by atoms with Gasteiger partial charge < -0.3 is 10.1 Å². The molecule has 0 unspecified atom stereocenters. The summed E-state index contributed by atoms with van der Waals surface area (Å²) >= 11 is 0. The molecule has 0 spiro atoms. The monoisotopic (exact) mass is 452 g/mol. The Labute approximate surface area is 189 Å². The van der Waals surface area contributed by atoms with Gasteiger partial charge in [0.15, 0.2) is 0 Å². The summed E-state index contributed by atoms with van der Waals surface area (Å²) in [5.41, 5.74) is 4.15. The van der Waals surface area contributed by atoms with Gasteiger partial charge in [0.05, 0.1) is 18.0 Å². The molecule has 3 aromatic rings. The summed E-state index contributed by atoms with van der Waals surface area (Å²) in [5, 5.41) is 2.92. The van der Waals surface area contributed by atoms with Crippen LogP contribution in [0.5, 0.6) is 5.75 Å². The summed E-state index contributed by atoms with van der Waals surface area (Å²) in [6.07, 6.45) is 0. The van der Waals surface area contributed by atoms with Crippen LogP contribution in [0.25, 0.3) is 0 Å². The fourth-order valence-electron chi connectivity index (χ4n) is 3.53. The van der Waals surface area contributed by atoms with Crippen molar-refractivity contribution in [2.45, 2.75) is 38.6 Å². The molecule has 7 heteroatoms. The molecule has 0 fully saturated rings. The maximum atomic E-state index is 13.1. The number of amides is 1. The van der Waals surface area contributed by atoms with Crippen molar-refractivity contribution in [3.8, 4) is 5.75 Å². The van der Waals surface area contributed by atoms with Gasteiger partial charge in [-0.2, -0.15) is 0 Å². The van der Waals surface area contributed by atoms with Crippen molar-refractivity contribution >= 4 is 21.6 Å². The van der Waals surface area contributed by atoms with Crippen molar-refractivity contribution in [2.75, 3.05) is 11.8 Å². The van der Waals surface area contributed by atoms with Gasteiger partial charge >= 0.3 is 0 Å². The van der Waals surface area contributed by atoms with Crippen LogP contribution in [0, 0.1) is 20.8 Å². The van der Waals surface area contributed by atoms with E-state index in [2.05, 4.69) is 10.0 Å². The summed E-state index contributed by atoms with van der Waals surface area (Å²) in [6, 6.07) is 17.3. The van der Waals surface area contributed by atoms with Crippen molar-refractivity contribution in [1.29, 1.82) is 0 Å². The minimum Gasteiger partial charge on any atom is -0.497 e. The molecule has 0 aliphatic carbocycles. The number of anilines is 1. The Morgan fingerprint density at radius 2 is 1.53 bits per heavy atom. The number of hydrogen-bond donors (Lipinski definition) is 2. The average Bonchev–Trinajstić information content (AvgIpc) is 2.72. The van der Waals surface area contributed by atoms with E-state index in [0.717, 1.165) is 22.4 Å². The molecule has 0 radical (unpaired) electrons. The Morgan fingerprint density at radius 1 is 0.906 bits per heavy atom. The molecule has 0 saturated carbocycles. The third-order valence-corrected chi connectivity index (χ3v) is 6.70. The van der Waals surface area contributed by atoms with Gasteiger partial charge in [-0.1, -0.05) is 24.3 Å². The van der Waals surface area contributed by atoms with Gasteiger partial charge in [-0.15, -0.1) is 0 Å². The van der Waals surface area contributed by atoms with E-state index in [1.807, 2.05) is 51.1 Å². The molecule has 6 nitrogen and oxygen atoms in total. The molecule has 0 aliphatic heterocycles. The number of carbonyl (C=O) groups excluding carboxylic acids is 1. The fourth-order valence-corrected chi connectivity index (χ4v) is 4.84. The molecule has 0 aromatic heterocycles. The van der Waals surface area contributed by atoms with Gasteiger partial charge in [0.25, 0.3) is 15.9 Å². The van der Waals surface area contributed by atoms with Crippen LogP contribution in [0.2, 0.25) is 0 Å². The second-order valence-corrected chi connectivity index (χ2v) is 9.58. The number of benzene rings is 3. The van der Waals surface area contributed by atoms with Crippen molar-refractivity contribution < 1.29 is 17.9 Å². The minimum atomic E-state index is -3.87. The number of rotatable bonds is 7. The van der Waals surface area contributed by atoms with Crippen molar-refractivity contribution in [2.24, 2.45) is 0 Å². The van der Waals surface area contributed by atoms with E-state index in [9.17, 15) is 13.2 Å². The first kappa shape index (κ1) is 23.3. The number of nitrogens with one attached hydrogen (secondary N) is 2. The number of ether oxygens (including phenoxy) is 1. The fraction of sp³-hybridized carbons (Fsp3) is 0.240. The molecule has 0 aliphatic rings. The molecule has 32 heavy (non-hydrogen) atoms. The van der Waals surface area contributed by atoms with Crippen LogP contribution in [-0.2, 0) is 10.0 Å². The summed E-state index contributed by atoms with van der Waals surface area (Å²) in [4.78, 5) is 12.9. The molecular formula is C25H28N2O4S. The van der Waals surface area contributed by atoms with E-state index >= 15 is 0 Å². The third-order valence-electron chi connectivity index (χ3n) is 5.18. The topological polar surface area (TPSA) is 84.5 Å². The third kappa shape index (κ3) is 5.48. The second-order valence-electron chi connectivity index (χ2n) is 7.93. The molecule has 0 saturated heterocycles. The van der Waals surface area contributed by atoms with Crippen molar-refractivity contribution in [1.82, 2.24) is 5.32 Å². The van der Waals surface area contributed by atoms with Gasteiger partial charge in [-0.05, 0) is 86.3 Å². The number of aryl methyl sites for hydroxylation is 3. The lowest BCUT2D eigenvalue weighted by Gasteiger charge is -2.16. The maximum Gasteiger partial charge on any atom is 0.262 e. The van der Waals surface area contributed by atoms with E-state index in [1.54, 1.807) is 38.3 Å². The van der Waals surface area contributed by atoms with Crippen LogP contribution in [-0.4, -0.2) is 21.4 Å². The van der Waals surface area contributed by atoms with Crippen LogP contribution in [0.1, 0.15) is 45.6 Å². The van der Waals surface area contributed by atoms with Gasteiger partial charge in [0.1, 0.15) is 5.75 Å². The van der Waals surface area contributed by atoms with Crippen molar-refractivity contribution in [3.05, 3.63) is 88.5 Å². The van der Waals surface area contributed by atoms with Gasteiger partial charge in [-0.3, -0.25) is 9.52 Å². The van der Waals surface area contributed by atoms with E-state index < -0.39 is 10.0 Å². The molecule has 3 aromatic carbocycles. The first-order chi connectivity index (χ1) is 15.1. The zero-order valence-corrected chi connectivity index (χ0v) is 19.7. The zero-order chi connectivity index (χ0) is 23.5. The quantitative estimate of drug-likeness (QED) is 0.533. The largest absolute Gasteiger partial charge is 0.497 e. The predicted octanol–water partition coefficient (Wildman–Crippen LogP) is 4.91. The van der Waals surface area contributed by atoms with Crippen LogP contribution < -0.4 is 14.8 Å². The summed E-state index contributed by atoms with van der Waals surface area (Å²) in [7, 11) is -2.27. The lowest BCUT2D eigenvalue weighted by atomic mass is 10.1. The number of methoxy groups -OCH3 is 1. The molecule has 0 heterocycles. The van der Waals surface area contributed by atoms with E-state index in [4.69, 9.17) is 4.74 Å². The molecule has 168 valence electrons. The van der Waals surface area contributed by atoms with Crippen LogP contribution in [0.15, 0.2) is 65.6 Å². The van der Waals surface area contributed by atoms with E-state index in [-0.39, 0.29) is 22.4 Å². The highest BCUT2D eigenvalue weighted by Gasteiger charge is 2.20. The second kappa shape index (κ2) is 9.44. The maximum absolute atomic E-state index is 13.1. The Kier molecular flexibility index (Phi) is 6.89. The molecule has 2 N–H and O–H groups in total. The van der Waals surface area contributed by atoms with Gasteiger partial charge in [0, 0.05) is 11.3 Å². The highest BCUT2D eigenvalue weighted by atomic mass is 32.2. The Morgan fingerprint density at radius 3 is 2.12 bits per heavy atom. The number of hydrogen-bond acceptors (Lipinski definition) is 4. The summed E-state index contributed by atoms with van der Waals surface area (Å²) in [5.74, 6) is 0.383. The summed E-state index contributed by atoms with van der Waals surface area (Å²) in [6.45, 7) is 7.39. The first-order valence-corrected chi connectivity index (χ1v) is 11.7. The Balaban J connectivity index is 1.82. The number of carbonyl (C=O) groups is 1. The molecular weight excluding hydrogens is 424 g/mol. The van der Waals surface area contributed by atoms with Gasteiger partial charge in [0.2, 0.25) is 0 Å². The standard InChI is InChI=1S/C25H28N2O4S/c1-16-12-17(2)14-22(13-16)27-32(29,30)24-15-21(7-6-18(24)3)25(28)26-19(4)20-8-10-23(31-5)11-9-20/h6-15,19,27H,1-5H3,(H,26,28)/t19-/m1/s1. The van der Waals surface area contributed by atoms with E-state index in [1.165, 1.54) is 6.07 Å². The average molecular weight is 453 g/mol. The number of sulfonamides is 1. The molecule has 1 amide bonds. The highest BCUT2D eigenvalue weighted by Crippen LogP contribution is 2.23. The first-order valence-electron chi connectivity index (χ1n) is 10.3. The van der Waals surface area contributed by atoms with Crippen molar-refractivity contribution in [3.63, 3.8) is 0 Å². The van der Waals surface area contributed by atoms with Crippen LogP contribution in [0.4, 0.5) is 5.69 Å². The molecule has 0 bridgehead atoms. The SMILES string of the molecule is COc1ccc([C@@H](C)NC(=O)c2ccc(C)c(S(=O)(=O)Nc3cc(C)cc(C)c3)c2)cc1. The smallest absolute Gasteiger partial charge is 0.262 e.